The third-order valence-corrected chi connectivity index (χ3v) is 5.08. The maximum atomic E-state index is 12.4. The molecule has 0 bridgehead atoms. The second-order valence-corrected chi connectivity index (χ2v) is 7.21. The van der Waals surface area contributed by atoms with Gasteiger partial charge in [0.2, 0.25) is 5.91 Å². The number of hydrogen-bond acceptors (Lipinski definition) is 4. The van der Waals surface area contributed by atoms with E-state index in [2.05, 4.69) is 5.32 Å². The van der Waals surface area contributed by atoms with Crippen LogP contribution in [0, 0.1) is 0 Å². The zero-order valence-corrected chi connectivity index (χ0v) is 16.9. The van der Waals surface area contributed by atoms with E-state index in [1.165, 1.54) is 4.90 Å². The van der Waals surface area contributed by atoms with E-state index < -0.39 is 0 Å². The Morgan fingerprint density at radius 2 is 1.42 bits per heavy atom. The molecule has 0 fully saturated rings. The summed E-state index contributed by atoms with van der Waals surface area (Å²) in [5, 5.41) is 2.88. The molecule has 0 aromatic heterocycles. The summed E-state index contributed by atoms with van der Waals surface area (Å²) in [4.78, 5) is 38.3. The topological polar surface area (TPSA) is 75.7 Å². The summed E-state index contributed by atoms with van der Waals surface area (Å²) in [5.74, 6) is 0.661. The molecule has 0 saturated heterocycles. The molecule has 31 heavy (non-hydrogen) atoms. The first kappa shape index (κ1) is 20.3. The molecule has 0 saturated carbocycles. The standard InChI is InChI=1S/C25H22N2O4/c28-23(15-8-16-27-24(29)20-12-5-6-13-21(20)25(27)30)26-17-18-9-4-7-14-22(18)31-19-10-2-1-3-11-19/h1-7,9-14H,8,15-17H2,(H,26,28). The first-order valence-electron chi connectivity index (χ1n) is 10.2. The largest absolute Gasteiger partial charge is 0.457 e. The lowest BCUT2D eigenvalue weighted by molar-refractivity contribution is -0.121. The van der Waals surface area contributed by atoms with Crippen LogP contribution in [0.3, 0.4) is 0 Å². The van der Waals surface area contributed by atoms with Crippen LogP contribution >= 0.6 is 0 Å². The summed E-state index contributed by atoms with van der Waals surface area (Å²) in [6.07, 6.45) is 0.620. The highest BCUT2D eigenvalue weighted by Crippen LogP contribution is 2.25. The van der Waals surface area contributed by atoms with Gasteiger partial charge in [-0.05, 0) is 36.8 Å². The predicted octanol–water partition coefficient (Wildman–Crippen LogP) is 4.17. The predicted molar refractivity (Wildman–Crippen MR) is 116 cm³/mol. The molecule has 0 spiro atoms. The summed E-state index contributed by atoms with van der Waals surface area (Å²) in [7, 11) is 0. The second-order valence-electron chi connectivity index (χ2n) is 7.21. The minimum atomic E-state index is -0.298. The molecule has 1 heterocycles. The van der Waals surface area contributed by atoms with Crippen LogP contribution in [0.25, 0.3) is 0 Å². The quantitative estimate of drug-likeness (QED) is 0.562. The van der Waals surface area contributed by atoms with Crippen molar-refractivity contribution in [3.8, 4) is 11.5 Å². The first-order chi connectivity index (χ1) is 15.1. The van der Waals surface area contributed by atoms with Crippen molar-refractivity contribution < 1.29 is 19.1 Å². The number of fused-ring (bicyclic) bond motifs is 1. The molecule has 3 amide bonds. The fraction of sp³-hybridized carbons (Fsp3) is 0.160. The lowest BCUT2D eigenvalue weighted by Gasteiger charge is -2.14. The van der Waals surface area contributed by atoms with Crippen LogP contribution in [-0.2, 0) is 11.3 Å². The van der Waals surface area contributed by atoms with E-state index in [9.17, 15) is 14.4 Å². The van der Waals surface area contributed by atoms with Gasteiger partial charge in [0.05, 0.1) is 11.1 Å². The number of hydrogen-bond donors (Lipinski definition) is 1. The number of ether oxygens (including phenoxy) is 1. The lowest BCUT2D eigenvalue weighted by atomic mass is 10.1. The van der Waals surface area contributed by atoms with Crippen molar-refractivity contribution in [2.45, 2.75) is 19.4 Å². The summed E-state index contributed by atoms with van der Waals surface area (Å²) >= 11 is 0. The van der Waals surface area contributed by atoms with Gasteiger partial charge in [-0.25, -0.2) is 0 Å². The highest BCUT2D eigenvalue weighted by molar-refractivity contribution is 6.21. The molecule has 0 unspecified atom stereocenters. The Labute approximate surface area is 180 Å². The molecular formula is C25H22N2O4. The number of imide groups is 1. The molecule has 1 N–H and O–H groups in total. The fourth-order valence-electron chi connectivity index (χ4n) is 3.49. The zero-order chi connectivity index (χ0) is 21.6. The molecule has 1 aliphatic heterocycles. The van der Waals surface area contributed by atoms with Crippen molar-refractivity contribution in [2.24, 2.45) is 0 Å². The van der Waals surface area contributed by atoms with Crippen molar-refractivity contribution in [2.75, 3.05) is 6.54 Å². The van der Waals surface area contributed by atoms with Crippen molar-refractivity contribution in [3.63, 3.8) is 0 Å². The maximum absolute atomic E-state index is 12.4. The number of benzene rings is 3. The molecular weight excluding hydrogens is 392 g/mol. The first-order valence-corrected chi connectivity index (χ1v) is 10.2. The third kappa shape index (κ3) is 4.64. The molecule has 4 rings (SSSR count). The van der Waals surface area contributed by atoms with Crippen LogP contribution in [-0.4, -0.2) is 29.2 Å². The number of rotatable bonds is 8. The van der Waals surface area contributed by atoms with E-state index in [4.69, 9.17) is 4.74 Å². The molecule has 0 aliphatic carbocycles. The minimum Gasteiger partial charge on any atom is -0.457 e. The number of carbonyl (C=O) groups is 3. The van der Waals surface area contributed by atoms with Gasteiger partial charge in [0.15, 0.2) is 0 Å². The van der Waals surface area contributed by atoms with E-state index in [0.717, 1.165) is 11.3 Å². The van der Waals surface area contributed by atoms with Gasteiger partial charge in [-0.2, -0.15) is 0 Å². The summed E-state index contributed by atoms with van der Waals surface area (Å²) in [6, 6.07) is 23.8. The van der Waals surface area contributed by atoms with Crippen molar-refractivity contribution in [1.82, 2.24) is 10.2 Å². The van der Waals surface area contributed by atoms with E-state index in [1.807, 2.05) is 54.6 Å². The average Bonchev–Trinajstić information content (AvgIpc) is 3.04. The molecule has 0 atom stereocenters. The number of carbonyl (C=O) groups excluding carboxylic acids is 3. The van der Waals surface area contributed by atoms with Gasteiger partial charge in [0.25, 0.3) is 11.8 Å². The Bertz CT molecular complexity index is 1080. The number of nitrogens with zero attached hydrogens (tertiary/aromatic N) is 1. The van der Waals surface area contributed by atoms with Crippen molar-refractivity contribution in [3.05, 3.63) is 95.6 Å². The monoisotopic (exact) mass is 414 g/mol. The van der Waals surface area contributed by atoms with Gasteiger partial charge in [-0.3, -0.25) is 19.3 Å². The van der Waals surface area contributed by atoms with E-state index in [1.54, 1.807) is 24.3 Å². The Kier molecular flexibility index (Phi) is 6.08. The normalized spacial score (nSPS) is 12.6. The number of nitrogens with one attached hydrogen (secondary N) is 1. The maximum Gasteiger partial charge on any atom is 0.261 e. The van der Waals surface area contributed by atoms with Crippen LogP contribution in [0.15, 0.2) is 78.9 Å². The molecule has 1 aliphatic rings. The van der Waals surface area contributed by atoms with E-state index in [-0.39, 0.29) is 30.7 Å². The lowest BCUT2D eigenvalue weighted by Crippen LogP contribution is -2.32. The van der Waals surface area contributed by atoms with Gasteiger partial charge < -0.3 is 10.1 Å². The van der Waals surface area contributed by atoms with Crippen molar-refractivity contribution in [1.29, 1.82) is 0 Å². The van der Waals surface area contributed by atoms with E-state index in [0.29, 0.717) is 29.8 Å². The Morgan fingerprint density at radius 1 is 0.806 bits per heavy atom. The highest BCUT2D eigenvalue weighted by Gasteiger charge is 2.34. The van der Waals surface area contributed by atoms with Crippen LogP contribution in [0.5, 0.6) is 11.5 Å². The highest BCUT2D eigenvalue weighted by atomic mass is 16.5. The van der Waals surface area contributed by atoms with Gasteiger partial charge in [0, 0.05) is 25.1 Å². The van der Waals surface area contributed by atoms with Gasteiger partial charge in [-0.1, -0.05) is 48.5 Å². The van der Waals surface area contributed by atoms with Gasteiger partial charge >= 0.3 is 0 Å². The molecule has 0 radical (unpaired) electrons. The SMILES string of the molecule is O=C(CCCN1C(=O)c2ccccc2C1=O)NCc1ccccc1Oc1ccccc1. The number of para-hydroxylation sites is 2. The fourth-order valence-corrected chi connectivity index (χ4v) is 3.49. The molecule has 6 heteroatoms. The Morgan fingerprint density at radius 3 is 2.13 bits per heavy atom. The Hall–Kier alpha value is -3.93. The van der Waals surface area contributed by atoms with Crippen molar-refractivity contribution >= 4 is 17.7 Å². The summed E-state index contributed by atoms with van der Waals surface area (Å²) in [6.45, 7) is 0.544. The average molecular weight is 414 g/mol. The molecule has 156 valence electrons. The van der Waals surface area contributed by atoms with Gasteiger partial charge in [0.1, 0.15) is 11.5 Å². The van der Waals surface area contributed by atoms with Crippen LogP contribution in [0.1, 0.15) is 39.1 Å². The van der Waals surface area contributed by atoms with Gasteiger partial charge in [-0.15, -0.1) is 0 Å². The molecule has 6 nitrogen and oxygen atoms in total. The van der Waals surface area contributed by atoms with E-state index >= 15 is 0 Å². The Balaban J connectivity index is 1.27. The minimum absolute atomic E-state index is 0.147. The zero-order valence-electron chi connectivity index (χ0n) is 16.9. The third-order valence-electron chi connectivity index (χ3n) is 5.08. The summed E-state index contributed by atoms with van der Waals surface area (Å²) in [5.41, 5.74) is 1.71. The second kappa shape index (κ2) is 9.26. The smallest absolute Gasteiger partial charge is 0.261 e. The summed E-state index contributed by atoms with van der Waals surface area (Å²) < 4.78 is 5.91. The van der Waals surface area contributed by atoms with Crippen LogP contribution in [0.4, 0.5) is 0 Å². The number of amides is 3. The molecule has 3 aromatic rings. The van der Waals surface area contributed by atoms with Crippen LogP contribution < -0.4 is 10.1 Å². The molecule has 3 aromatic carbocycles. The van der Waals surface area contributed by atoms with Crippen LogP contribution in [0.2, 0.25) is 0 Å².